The van der Waals surface area contributed by atoms with Gasteiger partial charge in [0.05, 0.1) is 16.2 Å². The van der Waals surface area contributed by atoms with Gasteiger partial charge in [0.2, 0.25) is 0 Å². The summed E-state index contributed by atoms with van der Waals surface area (Å²) in [7, 11) is -3.64. The highest BCUT2D eigenvalue weighted by Crippen LogP contribution is 2.24. The Balaban J connectivity index is 2.26. The second-order valence-electron chi connectivity index (χ2n) is 4.66. The normalized spacial score (nSPS) is 11.7. The van der Waals surface area contributed by atoms with Gasteiger partial charge in [-0.05, 0) is 29.8 Å². The zero-order valence-electron chi connectivity index (χ0n) is 11.6. The van der Waals surface area contributed by atoms with Gasteiger partial charge in [-0.2, -0.15) is 0 Å². The van der Waals surface area contributed by atoms with Crippen LogP contribution in [-0.2, 0) is 15.6 Å². The highest BCUT2D eigenvalue weighted by Gasteiger charge is 2.14. The summed E-state index contributed by atoms with van der Waals surface area (Å²) in [5.41, 5.74) is 0.454. The van der Waals surface area contributed by atoms with Gasteiger partial charge in [-0.1, -0.05) is 41.4 Å². The minimum absolute atomic E-state index is 0.163. The van der Waals surface area contributed by atoms with Crippen LogP contribution in [0.5, 0.6) is 0 Å². The predicted molar refractivity (Wildman–Crippen MR) is 91.2 cm³/mol. The van der Waals surface area contributed by atoms with E-state index in [0.717, 1.165) is 5.41 Å². The molecule has 2 aromatic rings. The summed E-state index contributed by atoms with van der Waals surface area (Å²) >= 11 is 11.7. The summed E-state index contributed by atoms with van der Waals surface area (Å²) in [5.74, 6) is -0.319. The number of rotatable bonds is 5. The summed E-state index contributed by atoms with van der Waals surface area (Å²) in [6, 6.07) is 10.4. The van der Waals surface area contributed by atoms with E-state index in [2.05, 4.69) is 0 Å². The van der Waals surface area contributed by atoms with E-state index in [-0.39, 0.29) is 22.0 Å². The Morgan fingerprint density at radius 3 is 2.48 bits per heavy atom. The number of nitro groups is 1. The molecule has 0 atom stereocenters. The second kappa shape index (κ2) is 7.12. The van der Waals surface area contributed by atoms with Crippen molar-refractivity contribution < 1.29 is 13.3 Å². The van der Waals surface area contributed by atoms with Crippen LogP contribution in [0.25, 0.3) is 6.08 Å². The van der Waals surface area contributed by atoms with Crippen molar-refractivity contribution in [3.05, 3.63) is 79.2 Å². The Morgan fingerprint density at radius 1 is 1.13 bits per heavy atom. The molecule has 2 rings (SSSR count). The Kier molecular flexibility index (Phi) is 5.41. The lowest BCUT2D eigenvalue weighted by molar-refractivity contribution is -0.385. The largest absolute Gasteiger partial charge is 0.276 e. The van der Waals surface area contributed by atoms with Crippen LogP contribution in [0.2, 0.25) is 10.0 Å². The van der Waals surface area contributed by atoms with Gasteiger partial charge in [-0.25, -0.2) is 8.42 Å². The first kappa shape index (κ1) is 17.5. The van der Waals surface area contributed by atoms with E-state index in [0.29, 0.717) is 10.6 Å². The van der Waals surface area contributed by atoms with Crippen LogP contribution in [0.4, 0.5) is 5.69 Å². The summed E-state index contributed by atoms with van der Waals surface area (Å²) in [6.45, 7) is 0. The van der Waals surface area contributed by atoms with E-state index >= 15 is 0 Å². The Labute approximate surface area is 143 Å². The lowest BCUT2D eigenvalue weighted by atomic mass is 10.2. The maximum atomic E-state index is 12.1. The fraction of sp³-hybridized carbons (Fsp3) is 0.0667. The molecular weight excluding hydrogens is 361 g/mol. The maximum absolute atomic E-state index is 12.1. The highest BCUT2D eigenvalue weighted by molar-refractivity contribution is 7.93. The lowest BCUT2D eigenvalue weighted by Gasteiger charge is -2.03. The van der Waals surface area contributed by atoms with E-state index < -0.39 is 14.8 Å². The molecule has 0 aliphatic rings. The fourth-order valence-corrected chi connectivity index (χ4v) is 3.57. The Hall–Kier alpha value is -1.89. The number of hydrogen-bond donors (Lipinski definition) is 0. The van der Waals surface area contributed by atoms with Gasteiger partial charge >= 0.3 is 0 Å². The van der Waals surface area contributed by atoms with Gasteiger partial charge in [0.15, 0.2) is 9.84 Å². The number of nitro benzene ring substituents is 1. The van der Waals surface area contributed by atoms with Gasteiger partial charge in [-0.15, -0.1) is 0 Å². The maximum Gasteiger partial charge on any atom is 0.276 e. The molecular formula is C15H11Cl2NO4S. The van der Waals surface area contributed by atoms with E-state index in [1.165, 1.54) is 36.4 Å². The van der Waals surface area contributed by atoms with Crippen LogP contribution in [0.1, 0.15) is 11.1 Å². The third kappa shape index (κ3) is 4.79. The molecule has 0 aromatic heterocycles. The zero-order chi connectivity index (χ0) is 17.0. The monoisotopic (exact) mass is 371 g/mol. The topological polar surface area (TPSA) is 77.3 Å². The van der Waals surface area contributed by atoms with Crippen molar-refractivity contribution in [3.63, 3.8) is 0 Å². The van der Waals surface area contributed by atoms with Crippen molar-refractivity contribution >= 4 is 44.8 Å². The van der Waals surface area contributed by atoms with Crippen LogP contribution in [0.15, 0.2) is 47.9 Å². The standard InChI is InChI=1S/C15H11Cl2NO4S/c16-13-6-5-12(14(17)9-13)10-23(21,22)8-7-11-3-1-2-4-15(11)18(19)20/h1-9H,10H2. The molecule has 23 heavy (non-hydrogen) atoms. The van der Waals surface area contributed by atoms with Crippen molar-refractivity contribution in [1.29, 1.82) is 0 Å². The summed E-state index contributed by atoms with van der Waals surface area (Å²) in [4.78, 5) is 10.3. The number of benzene rings is 2. The van der Waals surface area contributed by atoms with Gasteiger partial charge in [0, 0.05) is 21.5 Å². The van der Waals surface area contributed by atoms with Crippen LogP contribution >= 0.6 is 23.2 Å². The first-order chi connectivity index (χ1) is 10.8. The second-order valence-corrected chi connectivity index (χ2v) is 7.39. The number of sulfone groups is 1. The predicted octanol–water partition coefficient (Wildman–Crippen LogP) is 4.49. The molecule has 0 bridgehead atoms. The summed E-state index contributed by atoms with van der Waals surface area (Å²) < 4.78 is 24.3. The van der Waals surface area contributed by atoms with Crippen LogP contribution in [-0.4, -0.2) is 13.3 Å². The van der Waals surface area contributed by atoms with Gasteiger partial charge < -0.3 is 0 Å². The van der Waals surface area contributed by atoms with E-state index in [4.69, 9.17) is 23.2 Å². The Morgan fingerprint density at radius 2 is 1.83 bits per heavy atom. The van der Waals surface area contributed by atoms with Crippen LogP contribution < -0.4 is 0 Å². The molecule has 0 amide bonds. The molecule has 0 aliphatic carbocycles. The average Bonchev–Trinajstić information content (AvgIpc) is 2.48. The number of para-hydroxylation sites is 1. The molecule has 8 heteroatoms. The van der Waals surface area contributed by atoms with Crippen molar-refractivity contribution in [2.24, 2.45) is 0 Å². The first-order valence-corrected chi connectivity index (χ1v) is 8.84. The highest BCUT2D eigenvalue weighted by atomic mass is 35.5. The molecule has 0 saturated carbocycles. The smallest absolute Gasteiger partial charge is 0.258 e. The fourth-order valence-electron chi connectivity index (χ4n) is 1.88. The average molecular weight is 372 g/mol. The molecule has 0 heterocycles. The van der Waals surface area contributed by atoms with Crippen molar-refractivity contribution in [1.82, 2.24) is 0 Å². The molecule has 0 radical (unpaired) electrons. The minimum atomic E-state index is -3.64. The lowest BCUT2D eigenvalue weighted by Crippen LogP contribution is -2.01. The number of halogens is 2. The molecule has 120 valence electrons. The summed E-state index contributed by atoms with van der Waals surface area (Å²) in [6.07, 6.45) is 1.21. The van der Waals surface area contributed by atoms with Crippen LogP contribution in [0, 0.1) is 10.1 Å². The summed E-state index contributed by atoms with van der Waals surface area (Å²) in [5, 5.41) is 12.5. The molecule has 0 saturated heterocycles. The Bertz CT molecular complexity index is 879. The van der Waals surface area contributed by atoms with E-state index in [1.807, 2.05) is 0 Å². The molecule has 0 fully saturated rings. The molecule has 2 aromatic carbocycles. The van der Waals surface area contributed by atoms with E-state index in [1.54, 1.807) is 12.1 Å². The zero-order valence-corrected chi connectivity index (χ0v) is 14.0. The van der Waals surface area contributed by atoms with Crippen molar-refractivity contribution in [3.8, 4) is 0 Å². The molecule has 0 unspecified atom stereocenters. The van der Waals surface area contributed by atoms with Crippen molar-refractivity contribution in [2.75, 3.05) is 0 Å². The van der Waals surface area contributed by atoms with Gasteiger partial charge in [0.25, 0.3) is 5.69 Å². The molecule has 0 spiro atoms. The first-order valence-electron chi connectivity index (χ1n) is 6.37. The minimum Gasteiger partial charge on any atom is -0.258 e. The van der Waals surface area contributed by atoms with Crippen molar-refractivity contribution in [2.45, 2.75) is 5.75 Å². The van der Waals surface area contributed by atoms with Gasteiger partial charge in [-0.3, -0.25) is 10.1 Å². The molecule has 0 aliphatic heterocycles. The molecule has 0 N–H and O–H groups in total. The molecule has 5 nitrogen and oxygen atoms in total. The van der Waals surface area contributed by atoms with Crippen LogP contribution in [0.3, 0.4) is 0 Å². The third-order valence-corrected chi connectivity index (χ3v) is 4.81. The van der Waals surface area contributed by atoms with Gasteiger partial charge in [0.1, 0.15) is 0 Å². The quantitative estimate of drug-likeness (QED) is 0.572. The number of nitrogens with zero attached hydrogens (tertiary/aromatic N) is 1. The third-order valence-electron chi connectivity index (χ3n) is 2.96. The number of hydrogen-bond acceptors (Lipinski definition) is 4. The van der Waals surface area contributed by atoms with E-state index in [9.17, 15) is 18.5 Å². The SMILES string of the molecule is O=[N+]([O-])c1ccccc1C=CS(=O)(=O)Cc1ccc(Cl)cc1Cl.